The Bertz CT molecular complexity index is 1260. The molecule has 0 unspecified atom stereocenters. The second-order valence-electron chi connectivity index (χ2n) is 6.65. The summed E-state index contributed by atoms with van der Waals surface area (Å²) < 4.78 is 6.79. The Morgan fingerprint density at radius 3 is 2.56 bits per heavy atom. The largest absolute Gasteiger partial charge is 0.457 e. The van der Waals surface area contributed by atoms with E-state index < -0.39 is 17.1 Å². The first kappa shape index (κ1) is 22.9. The number of imide groups is 1. The number of hydrogen-bond donors (Lipinski definition) is 1. The molecular formula is C22H13Cl2IN2O4S. The van der Waals surface area contributed by atoms with Crippen LogP contribution >= 0.6 is 57.6 Å². The molecule has 3 amide bonds. The number of furan rings is 1. The van der Waals surface area contributed by atoms with E-state index in [4.69, 9.17) is 27.6 Å². The Morgan fingerprint density at radius 2 is 1.84 bits per heavy atom. The van der Waals surface area contributed by atoms with Crippen LogP contribution in [0.1, 0.15) is 5.76 Å². The summed E-state index contributed by atoms with van der Waals surface area (Å²) in [5, 5.41) is 3.09. The minimum atomic E-state index is -0.555. The molecule has 1 saturated heterocycles. The van der Waals surface area contributed by atoms with Crippen molar-refractivity contribution in [2.24, 2.45) is 0 Å². The zero-order valence-corrected chi connectivity index (χ0v) is 20.6. The highest BCUT2D eigenvalue weighted by Crippen LogP contribution is 2.35. The predicted molar refractivity (Wildman–Crippen MR) is 135 cm³/mol. The maximum Gasteiger partial charge on any atom is 0.294 e. The normalized spacial score (nSPS) is 15.0. The van der Waals surface area contributed by atoms with Crippen molar-refractivity contribution in [1.82, 2.24) is 4.90 Å². The third-order valence-electron chi connectivity index (χ3n) is 4.40. The van der Waals surface area contributed by atoms with E-state index in [1.165, 1.54) is 6.08 Å². The van der Waals surface area contributed by atoms with Crippen LogP contribution in [0.2, 0.25) is 10.0 Å². The molecule has 0 atom stereocenters. The van der Waals surface area contributed by atoms with E-state index in [0.717, 1.165) is 20.2 Å². The van der Waals surface area contributed by atoms with Crippen LogP contribution in [0.25, 0.3) is 17.4 Å². The molecule has 1 aliphatic heterocycles. The van der Waals surface area contributed by atoms with Crippen LogP contribution in [-0.2, 0) is 9.59 Å². The fraction of sp³-hybridized carbons (Fsp3) is 0.0455. The lowest BCUT2D eigenvalue weighted by atomic mass is 10.2. The van der Waals surface area contributed by atoms with E-state index in [2.05, 4.69) is 27.9 Å². The van der Waals surface area contributed by atoms with E-state index >= 15 is 0 Å². The van der Waals surface area contributed by atoms with Gasteiger partial charge in [0.2, 0.25) is 5.91 Å². The van der Waals surface area contributed by atoms with Crippen LogP contribution in [0.4, 0.5) is 10.5 Å². The number of carbonyl (C=O) groups excluding carboxylic acids is 3. The maximum absolute atomic E-state index is 12.7. The lowest BCUT2D eigenvalue weighted by Gasteiger charge is -2.12. The molecule has 1 aliphatic rings. The van der Waals surface area contributed by atoms with Crippen molar-refractivity contribution in [3.63, 3.8) is 0 Å². The molecule has 6 nitrogen and oxygen atoms in total. The highest BCUT2D eigenvalue weighted by atomic mass is 127. The summed E-state index contributed by atoms with van der Waals surface area (Å²) in [7, 11) is 0. The topological polar surface area (TPSA) is 79.6 Å². The summed E-state index contributed by atoms with van der Waals surface area (Å²) in [6.45, 7) is -0.377. The SMILES string of the molecule is O=C(CN1C(=O)S/C(=C/c2ccc(-c3ccc(Cl)cc3Cl)o2)C1=O)Nc1ccc(I)cc1. The highest BCUT2D eigenvalue weighted by molar-refractivity contribution is 14.1. The van der Waals surface area contributed by atoms with E-state index in [1.54, 1.807) is 42.5 Å². The number of nitrogens with zero attached hydrogens (tertiary/aromatic N) is 1. The molecule has 1 fully saturated rings. The molecule has 0 saturated carbocycles. The zero-order valence-electron chi connectivity index (χ0n) is 16.1. The maximum atomic E-state index is 12.7. The van der Waals surface area contributed by atoms with Crippen molar-refractivity contribution >= 4 is 86.4 Å². The van der Waals surface area contributed by atoms with Crippen LogP contribution in [0, 0.1) is 3.57 Å². The van der Waals surface area contributed by atoms with E-state index in [1.807, 2.05) is 12.1 Å². The minimum absolute atomic E-state index is 0.167. The fourth-order valence-electron chi connectivity index (χ4n) is 2.91. The molecule has 3 aromatic rings. The van der Waals surface area contributed by atoms with Crippen molar-refractivity contribution in [3.8, 4) is 11.3 Å². The number of hydrogen-bond acceptors (Lipinski definition) is 5. The number of thioether (sulfide) groups is 1. The lowest BCUT2D eigenvalue weighted by Crippen LogP contribution is -2.36. The Balaban J connectivity index is 1.46. The number of anilines is 1. The van der Waals surface area contributed by atoms with Crippen molar-refractivity contribution in [3.05, 3.63) is 78.9 Å². The van der Waals surface area contributed by atoms with Gasteiger partial charge in [-0.2, -0.15) is 0 Å². The van der Waals surface area contributed by atoms with Gasteiger partial charge in [-0.05, 0) is 89.0 Å². The Kier molecular flexibility index (Phi) is 6.94. The van der Waals surface area contributed by atoms with Crippen molar-refractivity contribution in [1.29, 1.82) is 0 Å². The summed E-state index contributed by atoms with van der Waals surface area (Å²) >= 11 is 15.0. The van der Waals surface area contributed by atoms with Crippen molar-refractivity contribution < 1.29 is 18.8 Å². The predicted octanol–water partition coefficient (Wildman–Crippen LogP) is 6.53. The van der Waals surface area contributed by atoms with Gasteiger partial charge in [0.1, 0.15) is 18.1 Å². The average Bonchev–Trinajstić information content (AvgIpc) is 3.30. The van der Waals surface area contributed by atoms with Crippen LogP contribution < -0.4 is 5.32 Å². The van der Waals surface area contributed by atoms with Gasteiger partial charge in [-0.25, -0.2) is 0 Å². The van der Waals surface area contributed by atoms with Gasteiger partial charge >= 0.3 is 0 Å². The monoisotopic (exact) mass is 598 g/mol. The molecular weight excluding hydrogens is 586 g/mol. The van der Waals surface area contributed by atoms with Crippen LogP contribution in [0.15, 0.2) is 63.9 Å². The molecule has 162 valence electrons. The quantitative estimate of drug-likeness (QED) is 0.267. The molecule has 1 N–H and O–H groups in total. The van der Waals surface area contributed by atoms with Crippen molar-refractivity contribution in [2.75, 3.05) is 11.9 Å². The van der Waals surface area contributed by atoms with Gasteiger partial charge in [-0.15, -0.1) is 0 Å². The van der Waals surface area contributed by atoms with Gasteiger partial charge in [0.25, 0.3) is 11.1 Å². The fourth-order valence-corrected chi connectivity index (χ4v) is 4.59. The standard InChI is InChI=1S/C22H13Cl2IN2O4S/c23-12-1-7-16(17(24)9-12)18-8-6-15(31-18)10-19-21(29)27(22(30)32-19)11-20(28)26-14-4-2-13(25)3-5-14/h1-10H,11H2,(H,26,28)/b19-10+. The smallest absolute Gasteiger partial charge is 0.294 e. The molecule has 0 bridgehead atoms. The van der Waals surface area contributed by atoms with Gasteiger partial charge in [0.05, 0.1) is 9.93 Å². The molecule has 2 aromatic carbocycles. The van der Waals surface area contributed by atoms with Crippen molar-refractivity contribution in [2.45, 2.75) is 0 Å². The van der Waals surface area contributed by atoms with E-state index in [9.17, 15) is 14.4 Å². The van der Waals surface area contributed by atoms with Gasteiger partial charge in [-0.1, -0.05) is 23.2 Å². The second-order valence-corrected chi connectivity index (χ2v) is 9.73. The minimum Gasteiger partial charge on any atom is -0.457 e. The van der Waals surface area contributed by atoms with Crippen LogP contribution in [0.3, 0.4) is 0 Å². The van der Waals surface area contributed by atoms with Gasteiger partial charge < -0.3 is 9.73 Å². The first-order valence-corrected chi connectivity index (χ1v) is 11.8. The second kappa shape index (κ2) is 9.70. The van der Waals surface area contributed by atoms with Gasteiger partial charge in [-0.3, -0.25) is 19.3 Å². The molecule has 1 aromatic heterocycles. The molecule has 0 aliphatic carbocycles. The van der Waals surface area contributed by atoms with Crippen LogP contribution in [-0.4, -0.2) is 28.5 Å². The molecule has 10 heteroatoms. The number of rotatable bonds is 5. The number of nitrogens with one attached hydrogen (secondary N) is 1. The molecule has 2 heterocycles. The summed E-state index contributed by atoms with van der Waals surface area (Å²) in [5.74, 6) is -0.151. The van der Waals surface area contributed by atoms with Gasteiger partial charge in [0.15, 0.2) is 0 Å². The highest BCUT2D eigenvalue weighted by Gasteiger charge is 2.36. The Labute approximate surface area is 211 Å². The number of carbonyl (C=O) groups is 3. The number of halogens is 3. The molecule has 0 radical (unpaired) electrons. The summed E-state index contributed by atoms with van der Waals surface area (Å²) in [5.41, 5.74) is 1.23. The molecule has 4 rings (SSSR count). The van der Waals surface area contributed by atoms with E-state index in [0.29, 0.717) is 32.8 Å². The first-order valence-electron chi connectivity index (χ1n) is 9.16. The zero-order chi connectivity index (χ0) is 22.8. The van der Waals surface area contributed by atoms with Gasteiger partial charge in [0, 0.05) is 25.9 Å². The van der Waals surface area contributed by atoms with E-state index in [-0.39, 0.29) is 11.4 Å². The third-order valence-corrected chi connectivity index (χ3v) is 6.57. The van der Waals surface area contributed by atoms with Crippen LogP contribution in [0.5, 0.6) is 0 Å². The number of benzene rings is 2. The summed E-state index contributed by atoms with van der Waals surface area (Å²) in [4.78, 5) is 38.4. The third kappa shape index (κ3) is 5.20. The number of amides is 3. The first-order chi connectivity index (χ1) is 15.3. The lowest BCUT2D eigenvalue weighted by molar-refractivity contribution is -0.127. The Morgan fingerprint density at radius 1 is 1.09 bits per heavy atom. The summed E-state index contributed by atoms with van der Waals surface area (Å²) in [6.07, 6.45) is 1.47. The molecule has 32 heavy (non-hydrogen) atoms. The average molecular weight is 599 g/mol. The molecule has 0 spiro atoms. The Hall–Kier alpha value is -2.27. The summed E-state index contributed by atoms with van der Waals surface area (Å²) in [6, 6.07) is 15.6.